The minimum Gasteiger partial charge on any atom is -0.373 e. The maximum absolute atomic E-state index is 12.9. The first-order valence-corrected chi connectivity index (χ1v) is 11.2. The van der Waals surface area contributed by atoms with Crippen LogP contribution in [0.3, 0.4) is 0 Å². The van der Waals surface area contributed by atoms with E-state index in [-0.39, 0.29) is 11.8 Å². The minimum atomic E-state index is 0.210. The summed E-state index contributed by atoms with van der Waals surface area (Å²) < 4.78 is 0. The smallest absolute Gasteiger partial charge is 0.222 e. The molecule has 1 fully saturated rings. The van der Waals surface area contributed by atoms with Crippen molar-refractivity contribution < 1.29 is 4.79 Å². The van der Waals surface area contributed by atoms with Crippen molar-refractivity contribution in [1.82, 2.24) is 24.8 Å². The maximum atomic E-state index is 12.9. The number of likely N-dealkylation sites (N-methyl/N-ethyl adjacent to an activating group) is 1. The van der Waals surface area contributed by atoms with Crippen molar-refractivity contribution in [2.24, 2.45) is 0 Å². The van der Waals surface area contributed by atoms with Crippen LogP contribution in [0.5, 0.6) is 0 Å². The molecule has 1 amide bonds. The van der Waals surface area contributed by atoms with E-state index < -0.39 is 0 Å². The van der Waals surface area contributed by atoms with Crippen LogP contribution in [0, 0.1) is 0 Å². The highest BCUT2D eigenvalue weighted by Gasteiger charge is 2.31. The fraction of sp³-hybridized carbons (Fsp3) is 0.458. The van der Waals surface area contributed by atoms with Gasteiger partial charge in [-0.15, -0.1) is 0 Å². The predicted molar refractivity (Wildman–Crippen MR) is 122 cm³/mol. The normalized spacial score (nSPS) is 19.0. The molecular formula is C24H30N6O. The van der Waals surface area contributed by atoms with Crippen LogP contribution in [0.25, 0.3) is 10.9 Å². The van der Waals surface area contributed by atoms with Gasteiger partial charge < -0.3 is 20.1 Å². The lowest BCUT2D eigenvalue weighted by Gasteiger charge is -2.26. The van der Waals surface area contributed by atoms with Gasteiger partial charge in [0.25, 0.3) is 0 Å². The van der Waals surface area contributed by atoms with Gasteiger partial charge in [0.15, 0.2) is 0 Å². The molecule has 1 atom stereocenters. The van der Waals surface area contributed by atoms with Crippen molar-refractivity contribution in [3.8, 4) is 0 Å². The number of carbonyl (C=O) groups excluding carboxylic acids is 1. The van der Waals surface area contributed by atoms with E-state index in [0.29, 0.717) is 13.0 Å². The molecule has 1 saturated heterocycles. The summed E-state index contributed by atoms with van der Waals surface area (Å²) in [5, 5.41) is 4.47. The number of rotatable bonds is 5. The molecule has 7 heteroatoms. The lowest BCUT2D eigenvalue weighted by molar-refractivity contribution is -0.130. The summed E-state index contributed by atoms with van der Waals surface area (Å²) in [7, 11) is 4.06. The number of benzene rings is 1. The van der Waals surface area contributed by atoms with E-state index in [1.165, 1.54) is 16.5 Å². The van der Waals surface area contributed by atoms with Crippen LogP contribution in [0.4, 0.5) is 5.82 Å². The quantitative estimate of drug-likeness (QED) is 0.666. The fourth-order valence-electron chi connectivity index (χ4n) is 4.91. The number of likely N-dealkylation sites (tertiary alicyclic amines) is 1. The Morgan fingerprint density at radius 3 is 3.00 bits per heavy atom. The van der Waals surface area contributed by atoms with Gasteiger partial charge in [-0.05, 0) is 37.9 Å². The standard InChI is InChI=1S/C24H30N6O/c1-25-24-19-10-11-29(2)15-21(19)27-23(28-24)17-9-12-30(14-17)22(31)8-7-16-13-26-20-6-4-3-5-18(16)20/h3-6,13,17,26H,7-12,14-15H2,1-2H3,(H,25,27,28)/t17-/m0/s1. The maximum Gasteiger partial charge on any atom is 0.222 e. The summed E-state index contributed by atoms with van der Waals surface area (Å²) in [6.07, 6.45) is 5.23. The molecule has 162 valence electrons. The SMILES string of the molecule is CNc1nc([C@H]2CCN(C(=O)CCc3c[nH]c4ccccc34)C2)nc2c1CCN(C)C2. The van der Waals surface area contributed by atoms with Gasteiger partial charge in [-0.25, -0.2) is 9.97 Å². The number of fused-ring (bicyclic) bond motifs is 2. The topological polar surface area (TPSA) is 77.1 Å². The number of H-pyrrole nitrogens is 1. The van der Waals surface area contributed by atoms with Crippen molar-refractivity contribution in [3.05, 3.63) is 53.1 Å². The Morgan fingerprint density at radius 1 is 1.26 bits per heavy atom. The van der Waals surface area contributed by atoms with Gasteiger partial charge in [0.05, 0.1) is 5.69 Å². The number of carbonyl (C=O) groups is 1. The van der Waals surface area contributed by atoms with E-state index in [4.69, 9.17) is 9.97 Å². The minimum absolute atomic E-state index is 0.210. The van der Waals surface area contributed by atoms with Gasteiger partial charge in [0.1, 0.15) is 11.6 Å². The molecule has 0 bridgehead atoms. The summed E-state index contributed by atoms with van der Waals surface area (Å²) in [6, 6.07) is 8.25. The second kappa shape index (κ2) is 8.30. The monoisotopic (exact) mass is 418 g/mol. The Morgan fingerprint density at radius 2 is 2.13 bits per heavy atom. The number of nitrogens with zero attached hydrogens (tertiary/aromatic N) is 4. The molecule has 0 aliphatic carbocycles. The molecule has 1 aromatic carbocycles. The van der Waals surface area contributed by atoms with Gasteiger partial charge in [0, 0.05) is 68.2 Å². The second-order valence-corrected chi connectivity index (χ2v) is 8.78. The number of hydrogen-bond donors (Lipinski definition) is 2. The molecule has 0 spiro atoms. The average molecular weight is 419 g/mol. The zero-order valence-corrected chi connectivity index (χ0v) is 18.3. The Bertz CT molecular complexity index is 1110. The lowest BCUT2D eigenvalue weighted by Crippen LogP contribution is -2.30. The second-order valence-electron chi connectivity index (χ2n) is 8.78. The van der Waals surface area contributed by atoms with Crippen molar-refractivity contribution in [1.29, 1.82) is 0 Å². The Kier molecular flexibility index (Phi) is 5.36. The van der Waals surface area contributed by atoms with Crippen LogP contribution in [-0.4, -0.2) is 64.4 Å². The molecular weight excluding hydrogens is 388 g/mol. The average Bonchev–Trinajstić information content (AvgIpc) is 3.44. The highest BCUT2D eigenvalue weighted by molar-refractivity contribution is 5.84. The molecule has 2 N–H and O–H groups in total. The lowest BCUT2D eigenvalue weighted by atomic mass is 10.0. The van der Waals surface area contributed by atoms with E-state index >= 15 is 0 Å². The molecule has 7 nitrogen and oxygen atoms in total. The molecule has 3 aromatic rings. The summed E-state index contributed by atoms with van der Waals surface area (Å²) in [5.74, 6) is 2.27. The van der Waals surface area contributed by atoms with E-state index in [0.717, 1.165) is 61.7 Å². The third kappa shape index (κ3) is 3.90. The van der Waals surface area contributed by atoms with Crippen LogP contribution in [0.15, 0.2) is 30.5 Å². The van der Waals surface area contributed by atoms with E-state index in [1.807, 2.05) is 30.3 Å². The largest absolute Gasteiger partial charge is 0.373 e. The molecule has 5 rings (SSSR count). The van der Waals surface area contributed by atoms with Crippen LogP contribution >= 0.6 is 0 Å². The van der Waals surface area contributed by atoms with E-state index in [1.54, 1.807) is 0 Å². The number of anilines is 1. The summed E-state index contributed by atoms with van der Waals surface area (Å²) in [4.78, 5) is 30.3. The third-order valence-electron chi connectivity index (χ3n) is 6.70. The zero-order valence-electron chi connectivity index (χ0n) is 18.3. The molecule has 0 unspecified atom stereocenters. The first-order chi connectivity index (χ1) is 15.1. The molecule has 31 heavy (non-hydrogen) atoms. The first-order valence-electron chi connectivity index (χ1n) is 11.2. The number of amides is 1. The van der Waals surface area contributed by atoms with Gasteiger partial charge in [-0.2, -0.15) is 0 Å². The van der Waals surface area contributed by atoms with Crippen LogP contribution in [0.2, 0.25) is 0 Å². The first kappa shape index (κ1) is 20.0. The number of aryl methyl sites for hydroxylation is 1. The van der Waals surface area contributed by atoms with Crippen molar-refractivity contribution >= 4 is 22.6 Å². The summed E-state index contributed by atoms with van der Waals surface area (Å²) in [6.45, 7) is 3.39. The van der Waals surface area contributed by atoms with Gasteiger partial charge in [-0.3, -0.25) is 4.79 Å². The van der Waals surface area contributed by atoms with Gasteiger partial charge >= 0.3 is 0 Å². The summed E-state index contributed by atoms with van der Waals surface area (Å²) >= 11 is 0. The van der Waals surface area contributed by atoms with Crippen LogP contribution < -0.4 is 5.32 Å². The fourth-order valence-corrected chi connectivity index (χ4v) is 4.91. The number of aromatic nitrogens is 3. The van der Waals surface area contributed by atoms with E-state index in [2.05, 4.69) is 34.4 Å². The number of nitrogens with one attached hydrogen (secondary N) is 2. The Labute approximate surface area is 182 Å². The Balaban J connectivity index is 1.25. The number of aromatic amines is 1. The van der Waals surface area contributed by atoms with Crippen molar-refractivity contribution in [2.75, 3.05) is 39.0 Å². The third-order valence-corrected chi connectivity index (χ3v) is 6.70. The molecule has 2 aliphatic heterocycles. The zero-order chi connectivity index (χ0) is 21.4. The highest BCUT2D eigenvalue weighted by atomic mass is 16.2. The molecule has 2 aliphatic rings. The van der Waals surface area contributed by atoms with Gasteiger partial charge in [0.2, 0.25) is 5.91 Å². The Hall–Kier alpha value is -2.93. The van der Waals surface area contributed by atoms with Crippen molar-refractivity contribution in [3.63, 3.8) is 0 Å². The number of para-hydroxylation sites is 1. The number of hydrogen-bond acceptors (Lipinski definition) is 5. The highest BCUT2D eigenvalue weighted by Crippen LogP contribution is 2.30. The van der Waals surface area contributed by atoms with E-state index in [9.17, 15) is 4.79 Å². The summed E-state index contributed by atoms with van der Waals surface area (Å²) in [5.41, 5.74) is 4.71. The molecule has 4 heterocycles. The molecule has 0 saturated carbocycles. The van der Waals surface area contributed by atoms with Crippen LogP contribution in [-0.2, 0) is 24.2 Å². The molecule has 0 radical (unpaired) electrons. The van der Waals surface area contributed by atoms with Gasteiger partial charge in [-0.1, -0.05) is 18.2 Å². The predicted octanol–water partition coefficient (Wildman–Crippen LogP) is 2.94. The molecule has 2 aromatic heterocycles. The van der Waals surface area contributed by atoms with Crippen molar-refractivity contribution in [2.45, 2.75) is 38.1 Å². The van der Waals surface area contributed by atoms with Crippen LogP contribution in [0.1, 0.15) is 41.4 Å².